The monoisotopic (exact) mass is 224 g/mol. The van der Waals surface area contributed by atoms with E-state index in [-0.39, 0.29) is 0 Å². The van der Waals surface area contributed by atoms with Crippen molar-refractivity contribution in [3.63, 3.8) is 0 Å². The van der Waals surface area contributed by atoms with Crippen LogP contribution in [0.15, 0.2) is 65.8 Å². The highest BCUT2D eigenvalue weighted by Gasteiger charge is 1.95. The molecular weight excluding hydrogens is 208 g/mol. The van der Waals surface area contributed by atoms with Gasteiger partial charge >= 0.3 is 0 Å². The molecule has 2 aromatic carbocycles. The fourth-order valence-corrected chi connectivity index (χ4v) is 1.60. The van der Waals surface area contributed by atoms with Gasteiger partial charge in [-0.05, 0) is 24.6 Å². The van der Waals surface area contributed by atoms with Gasteiger partial charge in [0, 0.05) is 12.1 Å². The first-order valence-electron chi connectivity index (χ1n) is 5.73. The number of anilines is 1. The van der Waals surface area contributed by atoms with Crippen LogP contribution in [0.25, 0.3) is 0 Å². The van der Waals surface area contributed by atoms with Gasteiger partial charge in [0.1, 0.15) is 0 Å². The number of para-hydroxylation sites is 1. The molecule has 2 aromatic rings. The molecule has 0 unspecified atom stereocenters. The molecule has 0 saturated carbocycles. The van der Waals surface area contributed by atoms with Crippen molar-refractivity contribution < 1.29 is 0 Å². The average molecular weight is 224 g/mol. The normalized spacial score (nSPS) is 11.2. The number of benzene rings is 2. The van der Waals surface area contributed by atoms with Crippen molar-refractivity contribution in [3.8, 4) is 0 Å². The quantitative estimate of drug-likeness (QED) is 0.621. The van der Waals surface area contributed by atoms with E-state index in [9.17, 15) is 0 Å². The number of rotatable bonds is 4. The second-order valence-electron chi connectivity index (χ2n) is 3.99. The Kier molecular flexibility index (Phi) is 3.92. The zero-order valence-corrected chi connectivity index (χ0v) is 9.93. The second-order valence-corrected chi connectivity index (χ2v) is 3.99. The molecule has 0 atom stereocenters. The van der Waals surface area contributed by atoms with Crippen molar-refractivity contribution in [1.29, 1.82) is 0 Å². The maximum Gasteiger partial charge on any atom is 0.0561 e. The summed E-state index contributed by atoms with van der Waals surface area (Å²) in [6, 6.07) is 20.3. The minimum Gasteiger partial charge on any atom is -0.279 e. The van der Waals surface area contributed by atoms with Crippen LogP contribution in [-0.2, 0) is 6.42 Å². The molecule has 0 fully saturated rings. The highest BCUT2D eigenvalue weighted by atomic mass is 15.3. The summed E-state index contributed by atoms with van der Waals surface area (Å²) in [5.74, 6) is 0. The topological polar surface area (TPSA) is 24.4 Å². The fraction of sp³-hybridized carbons (Fsp3) is 0.133. The van der Waals surface area contributed by atoms with Crippen LogP contribution in [-0.4, -0.2) is 5.71 Å². The van der Waals surface area contributed by atoms with Gasteiger partial charge in [-0.1, -0.05) is 48.5 Å². The maximum absolute atomic E-state index is 4.36. The van der Waals surface area contributed by atoms with Gasteiger partial charge < -0.3 is 0 Å². The van der Waals surface area contributed by atoms with Crippen molar-refractivity contribution in [2.24, 2.45) is 5.10 Å². The molecule has 17 heavy (non-hydrogen) atoms. The molecule has 0 saturated heterocycles. The van der Waals surface area contributed by atoms with E-state index in [1.54, 1.807) is 0 Å². The highest BCUT2D eigenvalue weighted by Crippen LogP contribution is 2.06. The Balaban J connectivity index is 1.94. The van der Waals surface area contributed by atoms with Gasteiger partial charge in [-0.15, -0.1) is 0 Å². The van der Waals surface area contributed by atoms with Crippen LogP contribution in [0.3, 0.4) is 0 Å². The smallest absolute Gasteiger partial charge is 0.0561 e. The van der Waals surface area contributed by atoms with E-state index >= 15 is 0 Å². The third kappa shape index (κ3) is 3.76. The van der Waals surface area contributed by atoms with Gasteiger partial charge in [0.25, 0.3) is 0 Å². The number of nitrogens with zero attached hydrogens (tertiary/aromatic N) is 1. The number of hydrogen-bond acceptors (Lipinski definition) is 2. The van der Waals surface area contributed by atoms with Crippen LogP contribution >= 0.6 is 0 Å². The molecule has 86 valence electrons. The predicted octanol–water partition coefficient (Wildman–Crippen LogP) is 3.72. The minimum absolute atomic E-state index is 0.876. The minimum atomic E-state index is 0.876. The van der Waals surface area contributed by atoms with Crippen molar-refractivity contribution in [1.82, 2.24) is 0 Å². The summed E-state index contributed by atoms with van der Waals surface area (Å²) >= 11 is 0. The SMILES string of the molecule is CC(Cc1ccccc1)=NNc1ccccc1. The van der Waals surface area contributed by atoms with E-state index in [1.807, 2.05) is 55.5 Å². The molecule has 0 aliphatic heterocycles. The summed E-state index contributed by atoms with van der Waals surface area (Å²) in [5.41, 5.74) is 6.42. The van der Waals surface area contributed by atoms with Gasteiger partial charge in [-0.3, -0.25) is 5.43 Å². The first kappa shape index (κ1) is 11.4. The fourth-order valence-electron chi connectivity index (χ4n) is 1.60. The van der Waals surface area contributed by atoms with Crippen molar-refractivity contribution in [2.75, 3.05) is 5.43 Å². The van der Waals surface area contributed by atoms with Gasteiger partial charge in [0.15, 0.2) is 0 Å². The molecule has 2 nitrogen and oxygen atoms in total. The molecule has 1 N–H and O–H groups in total. The van der Waals surface area contributed by atoms with E-state index in [4.69, 9.17) is 0 Å². The number of hydrogen-bond donors (Lipinski definition) is 1. The predicted molar refractivity (Wildman–Crippen MR) is 73.3 cm³/mol. The molecule has 0 aromatic heterocycles. The summed E-state index contributed by atoms with van der Waals surface area (Å²) in [5, 5.41) is 4.36. The first-order valence-corrected chi connectivity index (χ1v) is 5.73. The Labute approximate surface area is 102 Å². The van der Waals surface area contributed by atoms with Gasteiger partial charge in [0.05, 0.1) is 5.69 Å². The average Bonchev–Trinajstić information content (AvgIpc) is 2.39. The lowest BCUT2D eigenvalue weighted by atomic mass is 10.1. The van der Waals surface area contributed by atoms with Crippen LogP contribution in [0.1, 0.15) is 12.5 Å². The molecule has 0 amide bonds. The molecular formula is C15H16N2. The number of nitrogens with one attached hydrogen (secondary N) is 1. The van der Waals surface area contributed by atoms with E-state index in [2.05, 4.69) is 22.7 Å². The Morgan fingerprint density at radius 2 is 1.53 bits per heavy atom. The Hall–Kier alpha value is -2.09. The Morgan fingerprint density at radius 1 is 0.941 bits per heavy atom. The largest absolute Gasteiger partial charge is 0.279 e. The summed E-state index contributed by atoms with van der Waals surface area (Å²) < 4.78 is 0. The van der Waals surface area contributed by atoms with E-state index < -0.39 is 0 Å². The summed E-state index contributed by atoms with van der Waals surface area (Å²) in [6.45, 7) is 2.03. The van der Waals surface area contributed by atoms with Crippen LogP contribution in [0.2, 0.25) is 0 Å². The first-order chi connectivity index (χ1) is 8.34. The van der Waals surface area contributed by atoms with Crippen molar-refractivity contribution in [3.05, 3.63) is 66.2 Å². The maximum atomic E-state index is 4.36. The molecule has 2 heteroatoms. The summed E-state index contributed by atoms with van der Waals surface area (Å²) in [4.78, 5) is 0. The van der Waals surface area contributed by atoms with Gasteiger partial charge in [0.2, 0.25) is 0 Å². The van der Waals surface area contributed by atoms with Crippen molar-refractivity contribution in [2.45, 2.75) is 13.3 Å². The summed E-state index contributed by atoms with van der Waals surface area (Å²) in [7, 11) is 0. The third-order valence-electron chi connectivity index (χ3n) is 2.45. The zero-order valence-electron chi connectivity index (χ0n) is 9.93. The van der Waals surface area contributed by atoms with Crippen LogP contribution < -0.4 is 5.43 Å². The van der Waals surface area contributed by atoms with Gasteiger partial charge in [-0.2, -0.15) is 5.10 Å². The van der Waals surface area contributed by atoms with Crippen LogP contribution in [0, 0.1) is 0 Å². The number of hydrazone groups is 1. The highest BCUT2D eigenvalue weighted by molar-refractivity contribution is 5.84. The van der Waals surface area contributed by atoms with Crippen LogP contribution in [0.5, 0.6) is 0 Å². The lowest BCUT2D eigenvalue weighted by molar-refractivity contribution is 1.24. The van der Waals surface area contributed by atoms with E-state index in [1.165, 1.54) is 5.56 Å². The molecule has 0 heterocycles. The van der Waals surface area contributed by atoms with Crippen LogP contribution in [0.4, 0.5) is 5.69 Å². The molecule has 0 aliphatic carbocycles. The molecule has 0 bridgehead atoms. The third-order valence-corrected chi connectivity index (χ3v) is 2.45. The van der Waals surface area contributed by atoms with Gasteiger partial charge in [-0.25, -0.2) is 0 Å². The summed E-state index contributed by atoms with van der Waals surface area (Å²) in [6.07, 6.45) is 0.876. The Bertz CT molecular complexity index is 475. The lowest BCUT2D eigenvalue weighted by Gasteiger charge is -2.03. The molecule has 0 aliphatic rings. The molecule has 2 rings (SSSR count). The lowest BCUT2D eigenvalue weighted by Crippen LogP contribution is -2.01. The van der Waals surface area contributed by atoms with E-state index in [0.717, 1.165) is 17.8 Å². The Morgan fingerprint density at radius 3 is 2.18 bits per heavy atom. The van der Waals surface area contributed by atoms with Crippen molar-refractivity contribution >= 4 is 11.4 Å². The molecule has 0 spiro atoms. The van der Waals surface area contributed by atoms with E-state index in [0.29, 0.717) is 0 Å². The molecule has 0 radical (unpaired) electrons. The zero-order chi connectivity index (χ0) is 11.9. The second kappa shape index (κ2) is 5.85. The standard InChI is InChI=1S/C15H16N2/c1-13(12-14-8-4-2-5-9-14)16-17-15-10-6-3-7-11-15/h2-11,17H,12H2,1H3.